The van der Waals surface area contributed by atoms with Crippen molar-refractivity contribution in [1.29, 1.82) is 0 Å². The normalized spacial score (nSPS) is 11.2. The van der Waals surface area contributed by atoms with Crippen LogP contribution < -0.4 is 0 Å². The van der Waals surface area contributed by atoms with Gasteiger partial charge in [0.25, 0.3) is 0 Å². The van der Waals surface area contributed by atoms with Gasteiger partial charge in [-0.3, -0.25) is 0 Å². The van der Waals surface area contributed by atoms with Gasteiger partial charge in [-0.1, -0.05) is 31.9 Å². The molecule has 50 valence electrons. The van der Waals surface area contributed by atoms with Crippen LogP contribution in [0.2, 0.25) is 0 Å². The third kappa shape index (κ3) is 4.21. The Balaban J connectivity index is 3.35. The Morgan fingerprint density at radius 1 is 1.12 bits per heavy atom. The number of halogens is 4. The summed E-state index contributed by atoms with van der Waals surface area (Å²) in [7, 11) is 0. The van der Waals surface area contributed by atoms with Crippen molar-refractivity contribution < 1.29 is 0 Å². The SMILES string of the molecule is BrCC(CBr)P(Br)Br. The van der Waals surface area contributed by atoms with Crippen LogP contribution in [0.4, 0.5) is 0 Å². The van der Waals surface area contributed by atoms with E-state index in [4.69, 9.17) is 0 Å². The van der Waals surface area contributed by atoms with Crippen molar-refractivity contribution in [2.75, 3.05) is 10.7 Å². The van der Waals surface area contributed by atoms with Gasteiger partial charge in [-0.15, -0.1) is 0 Å². The van der Waals surface area contributed by atoms with Crippen molar-refractivity contribution in [3.05, 3.63) is 0 Å². The molecule has 0 saturated heterocycles. The lowest BCUT2D eigenvalue weighted by Crippen LogP contribution is -2.02. The third-order valence-corrected chi connectivity index (χ3v) is 7.59. The Labute approximate surface area is 83.7 Å². The highest BCUT2D eigenvalue weighted by atomic mass is 79.9. The van der Waals surface area contributed by atoms with E-state index in [-0.39, 0.29) is 5.33 Å². The average molecular weight is 392 g/mol. The minimum absolute atomic E-state index is 0.133. The molecule has 5 heteroatoms. The minimum Gasteiger partial charge on any atom is -0.0920 e. The Morgan fingerprint density at radius 3 is 1.50 bits per heavy atom. The predicted octanol–water partition coefficient (Wildman–Crippen LogP) is 4.25. The zero-order valence-corrected chi connectivity index (χ0v) is 11.2. The molecule has 0 heterocycles. The molecule has 0 nitrogen and oxygen atoms in total. The molecular formula is C3H5Br4P. The molecule has 0 aliphatic rings. The molecule has 0 rings (SSSR count). The van der Waals surface area contributed by atoms with Crippen LogP contribution in [0.5, 0.6) is 0 Å². The summed E-state index contributed by atoms with van der Waals surface area (Å²) in [5.41, 5.74) is 0.685. The second kappa shape index (κ2) is 6.09. The predicted molar refractivity (Wildman–Crippen MR) is 56.2 cm³/mol. The molecule has 0 aromatic rings. The van der Waals surface area contributed by atoms with E-state index in [1.54, 1.807) is 0 Å². The van der Waals surface area contributed by atoms with Crippen LogP contribution in [0.15, 0.2) is 0 Å². The van der Waals surface area contributed by atoms with Gasteiger partial charge in [0.2, 0.25) is 0 Å². The summed E-state index contributed by atoms with van der Waals surface area (Å²) < 4.78 is 0. The summed E-state index contributed by atoms with van der Waals surface area (Å²) in [5, 5.41) is 1.95. The topological polar surface area (TPSA) is 0 Å². The van der Waals surface area contributed by atoms with Gasteiger partial charge in [0.05, 0.1) is 0 Å². The van der Waals surface area contributed by atoms with Crippen LogP contribution in [0.3, 0.4) is 0 Å². The molecule has 0 fully saturated rings. The van der Waals surface area contributed by atoms with Gasteiger partial charge in [-0.2, -0.15) is 0 Å². The lowest BCUT2D eigenvalue weighted by Gasteiger charge is -2.09. The molecule has 0 aromatic carbocycles. The summed E-state index contributed by atoms with van der Waals surface area (Å²) in [4.78, 5) is 0. The Morgan fingerprint density at radius 2 is 1.50 bits per heavy atom. The Kier molecular flexibility index (Phi) is 7.87. The van der Waals surface area contributed by atoms with E-state index < -0.39 is 0 Å². The van der Waals surface area contributed by atoms with Gasteiger partial charge >= 0.3 is 0 Å². The highest BCUT2D eigenvalue weighted by Crippen LogP contribution is 2.57. The van der Waals surface area contributed by atoms with Gasteiger partial charge in [0.1, 0.15) is 0 Å². The first-order valence-electron chi connectivity index (χ1n) is 1.95. The van der Waals surface area contributed by atoms with Crippen LogP contribution in [-0.4, -0.2) is 16.3 Å². The fourth-order valence-corrected chi connectivity index (χ4v) is 9.56. The Hall–Kier alpha value is 2.35. The molecule has 0 bridgehead atoms. The second-order valence-corrected chi connectivity index (χ2v) is 11.2. The molecule has 0 aliphatic heterocycles. The molecule has 0 atom stereocenters. The fraction of sp³-hybridized carbons (Fsp3) is 1.00. The lowest BCUT2D eigenvalue weighted by atomic mass is 10.6. The number of hydrogen-bond donors (Lipinski definition) is 0. The molecule has 8 heavy (non-hydrogen) atoms. The van der Waals surface area contributed by atoms with Gasteiger partial charge < -0.3 is 0 Å². The standard InChI is InChI=1S/C3H5Br4P/c4-1-3(2-5)8(6)7/h3H,1-2H2. The van der Waals surface area contributed by atoms with Crippen LogP contribution in [0, 0.1) is 0 Å². The quantitative estimate of drug-likeness (QED) is 0.498. The van der Waals surface area contributed by atoms with E-state index in [1.165, 1.54) is 0 Å². The van der Waals surface area contributed by atoms with Crippen LogP contribution >= 0.6 is 68.2 Å². The summed E-state index contributed by atoms with van der Waals surface area (Å²) in [6.45, 7) is 0. The monoisotopic (exact) mass is 388 g/mol. The first-order valence-corrected chi connectivity index (χ1v) is 9.64. The highest BCUT2D eigenvalue weighted by molar-refractivity contribution is 9.69. The molecule has 0 saturated carbocycles. The molecular weight excluding hydrogens is 387 g/mol. The first kappa shape index (κ1) is 10.3. The smallest absolute Gasteiger partial charge is 0.0394 e. The summed E-state index contributed by atoms with van der Waals surface area (Å²) in [5.74, 6) is 0. The van der Waals surface area contributed by atoms with E-state index >= 15 is 0 Å². The largest absolute Gasteiger partial charge is 0.0920 e. The van der Waals surface area contributed by atoms with Gasteiger partial charge in [-0.25, -0.2) is 0 Å². The molecule has 0 radical (unpaired) electrons. The zero-order chi connectivity index (χ0) is 6.57. The maximum atomic E-state index is 3.48. The Bertz CT molecular complexity index is 53.2. The molecule has 0 aliphatic carbocycles. The maximum absolute atomic E-state index is 3.48. The molecule has 0 N–H and O–H groups in total. The third-order valence-electron chi connectivity index (χ3n) is 0.632. The van der Waals surface area contributed by atoms with Crippen molar-refractivity contribution in [2.24, 2.45) is 0 Å². The molecule has 0 unspecified atom stereocenters. The van der Waals surface area contributed by atoms with Crippen molar-refractivity contribution in [2.45, 2.75) is 5.66 Å². The van der Waals surface area contributed by atoms with Crippen molar-refractivity contribution in [3.63, 3.8) is 0 Å². The molecule has 0 amide bonds. The first-order chi connectivity index (χ1) is 3.72. The molecule has 0 aromatic heterocycles. The average Bonchev–Trinajstić information content (AvgIpc) is 1.69. The number of rotatable bonds is 3. The highest BCUT2D eigenvalue weighted by Gasteiger charge is 2.11. The maximum Gasteiger partial charge on any atom is 0.0394 e. The second-order valence-electron chi connectivity index (χ2n) is 1.22. The lowest BCUT2D eigenvalue weighted by molar-refractivity contribution is 1.17. The van der Waals surface area contributed by atoms with E-state index in [2.05, 4.69) is 62.8 Å². The summed E-state index contributed by atoms with van der Waals surface area (Å²) in [6.07, 6.45) is 0. The zero-order valence-electron chi connectivity index (χ0n) is 3.95. The van der Waals surface area contributed by atoms with E-state index in [0.29, 0.717) is 5.66 Å². The van der Waals surface area contributed by atoms with Crippen molar-refractivity contribution in [3.8, 4) is 0 Å². The van der Waals surface area contributed by atoms with E-state index in [9.17, 15) is 0 Å². The fourth-order valence-electron chi connectivity index (χ4n) is 0.146. The van der Waals surface area contributed by atoms with Crippen LogP contribution in [0.25, 0.3) is 0 Å². The van der Waals surface area contributed by atoms with Crippen molar-refractivity contribution >= 4 is 68.2 Å². The van der Waals surface area contributed by atoms with E-state index in [0.717, 1.165) is 10.7 Å². The van der Waals surface area contributed by atoms with Crippen molar-refractivity contribution in [1.82, 2.24) is 0 Å². The van der Waals surface area contributed by atoms with Crippen LogP contribution in [-0.2, 0) is 0 Å². The summed E-state index contributed by atoms with van der Waals surface area (Å²) >= 11 is 13.8. The minimum atomic E-state index is -0.133. The summed E-state index contributed by atoms with van der Waals surface area (Å²) in [6, 6.07) is 0. The molecule has 0 spiro atoms. The van der Waals surface area contributed by atoms with Crippen LogP contribution in [0.1, 0.15) is 0 Å². The number of hydrogen-bond acceptors (Lipinski definition) is 0. The number of alkyl halides is 2. The van der Waals surface area contributed by atoms with Gasteiger partial charge in [0, 0.05) is 21.6 Å². The van der Waals surface area contributed by atoms with Gasteiger partial charge in [-0.05, 0) is 31.0 Å². The van der Waals surface area contributed by atoms with Gasteiger partial charge in [0.15, 0.2) is 0 Å². The van der Waals surface area contributed by atoms with E-state index in [1.807, 2.05) is 0 Å².